The van der Waals surface area contributed by atoms with Crippen molar-refractivity contribution in [3.8, 4) is 0 Å². The Hall–Kier alpha value is -0.940. The highest BCUT2D eigenvalue weighted by atomic mass is 16.5. The molecule has 1 atom stereocenters. The molecule has 2 aliphatic heterocycles. The molecule has 2 heterocycles. The molecular formula is C10H17N3O2. The predicted octanol–water partition coefficient (Wildman–Crippen LogP) is -0.376. The van der Waals surface area contributed by atoms with Gasteiger partial charge >= 0.3 is 0 Å². The molecule has 0 saturated carbocycles. The number of amides is 1. The lowest BCUT2D eigenvalue weighted by atomic mass is 10.2. The molecule has 0 aliphatic carbocycles. The molecule has 5 nitrogen and oxygen atoms in total. The van der Waals surface area contributed by atoms with E-state index < -0.39 is 0 Å². The zero-order valence-electron chi connectivity index (χ0n) is 9.19. The number of hydrogen-bond acceptors (Lipinski definition) is 4. The number of hydrogen-bond donors (Lipinski definition) is 1. The maximum atomic E-state index is 11.0. The highest BCUT2D eigenvalue weighted by Crippen LogP contribution is 2.10. The van der Waals surface area contributed by atoms with Gasteiger partial charge in [-0.1, -0.05) is 0 Å². The van der Waals surface area contributed by atoms with Crippen molar-refractivity contribution in [2.45, 2.75) is 26.0 Å². The molecule has 0 aromatic carbocycles. The van der Waals surface area contributed by atoms with Crippen molar-refractivity contribution in [2.24, 2.45) is 4.99 Å². The van der Waals surface area contributed by atoms with Crippen LogP contribution in [0.1, 0.15) is 13.8 Å². The van der Waals surface area contributed by atoms with E-state index in [-0.39, 0.29) is 18.6 Å². The summed E-state index contributed by atoms with van der Waals surface area (Å²) in [7, 11) is 0. The van der Waals surface area contributed by atoms with Gasteiger partial charge in [-0.25, -0.2) is 0 Å². The summed E-state index contributed by atoms with van der Waals surface area (Å²) >= 11 is 0. The molecule has 1 unspecified atom stereocenters. The quantitative estimate of drug-likeness (QED) is 0.677. The van der Waals surface area contributed by atoms with Crippen molar-refractivity contribution in [2.75, 3.05) is 26.2 Å². The molecule has 2 aliphatic rings. The van der Waals surface area contributed by atoms with E-state index in [1.165, 1.54) is 0 Å². The molecule has 15 heavy (non-hydrogen) atoms. The zero-order valence-corrected chi connectivity index (χ0v) is 9.19. The molecule has 0 radical (unpaired) electrons. The number of carbonyl (C=O) groups excluding carboxylic acids is 1. The highest BCUT2D eigenvalue weighted by molar-refractivity contribution is 6.06. The van der Waals surface area contributed by atoms with Crippen LogP contribution < -0.4 is 5.32 Å². The predicted molar refractivity (Wildman–Crippen MR) is 56.9 cm³/mol. The number of ether oxygens (including phenoxy) is 1. The van der Waals surface area contributed by atoms with Crippen molar-refractivity contribution in [1.29, 1.82) is 0 Å². The second kappa shape index (κ2) is 4.28. The maximum Gasteiger partial charge on any atom is 0.247 e. The van der Waals surface area contributed by atoms with E-state index in [2.05, 4.69) is 29.1 Å². The minimum atomic E-state index is -0.0624. The molecule has 5 heteroatoms. The second-order valence-electron chi connectivity index (χ2n) is 4.20. The third-order valence-electron chi connectivity index (χ3n) is 2.79. The Morgan fingerprint density at radius 2 is 2.40 bits per heavy atom. The lowest BCUT2D eigenvalue weighted by Crippen LogP contribution is -2.51. The van der Waals surface area contributed by atoms with Gasteiger partial charge in [-0.3, -0.25) is 14.7 Å². The number of aliphatic imine (C=N–C) groups is 1. The summed E-state index contributed by atoms with van der Waals surface area (Å²) in [5, 5.41) is 2.74. The first-order chi connectivity index (χ1) is 7.16. The van der Waals surface area contributed by atoms with Gasteiger partial charge in [0.05, 0.1) is 6.61 Å². The Morgan fingerprint density at radius 1 is 1.60 bits per heavy atom. The van der Waals surface area contributed by atoms with E-state index in [1.807, 2.05) is 0 Å². The summed E-state index contributed by atoms with van der Waals surface area (Å²) < 4.78 is 5.60. The van der Waals surface area contributed by atoms with E-state index in [4.69, 9.17) is 4.74 Å². The molecule has 0 spiro atoms. The van der Waals surface area contributed by atoms with Crippen LogP contribution in [0.5, 0.6) is 0 Å². The summed E-state index contributed by atoms with van der Waals surface area (Å²) in [6.07, 6.45) is -0.0624. The molecule has 84 valence electrons. The fourth-order valence-electron chi connectivity index (χ4n) is 1.86. The van der Waals surface area contributed by atoms with Gasteiger partial charge in [0.25, 0.3) is 0 Å². The van der Waals surface area contributed by atoms with Crippen molar-refractivity contribution in [3.63, 3.8) is 0 Å². The number of nitrogens with one attached hydrogen (secondary N) is 1. The van der Waals surface area contributed by atoms with Gasteiger partial charge in [0, 0.05) is 19.1 Å². The highest BCUT2D eigenvalue weighted by Gasteiger charge is 2.29. The first-order valence-electron chi connectivity index (χ1n) is 5.36. The SMILES string of the molecule is CC(C)N1CCOC(C2=NCC(=O)N2)C1. The number of carbonyl (C=O) groups is 1. The Labute approximate surface area is 89.5 Å². The molecule has 1 saturated heterocycles. The molecule has 0 aromatic rings. The van der Waals surface area contributed by atoms with E-state index in [1.54, 1.807) is 0 Å². The number of morpholine rings is 1. The van der Waals surface area contributed by atoms with E-state index in [0.717, 1.165) is 13.1 Å². The van der Waals surface area contributed by atoms with Crippen molar-refractivity contribution in [3.05, 3.63) is 0 Å². The third-order valence-corrected chi connectivity index (χ3v) is 2.79. The molecule has 1 N–H and O–H groups in total. The fourth-order valence-corrected chi connectivity index (χ4v) is 1.86. The van der Waals surface area contributed by atoms with Crippen LogP contribution in [0.3, 0.4) is 0 Å². The van der Waals surface area contributed by atoms with Gasteiger partial charge in [0.2, 0.25) is 5.91 Å². The van der Waals surface area contributed by atoms with Crippen LogP contribution in [0.25, 0.3) is 0 Å². The number of nitrogens with zero attached hydrogens (tertiary/aromatic N) is 2. The topological polar surface area (TPSA) is 53.9 Å². The lowest BCUT2D eigenvalue weighted by molar-refractivity contribution is -0.117. The standard InChI is InChI=1S/C10H17N3O2/c1-7(2)13-3-4-15-8(6-13)10-11-5-9(14)12-10/h7-8H,3-6H2,1-2H3,(H,11,12,14). The largest absolute Gasteiger partial charge is 0.368 e. The van der Waals surface area contributed by atoms with Gasteiger partial charge in [-0.15, -0.1) is 0 Å². The van der Waals surface area contributed by atoms with E-state index in [0.29, 0.717) is 18.5 Å². The molecule has 1 fully saturated rings. The van der Waals surface area contributed by atoms with Crippen LogP contribution in [0.2, 0.25) is 0 Å². The first kappa shape index (κ1) is 10.6. The normalized spacial score (nSPS) is 28.1. The van der Waals surface area contributed by atoms with Gasteiger partial charge in [-0.05, 0) is 13.8 Å². The van der Waals surface area contributed by atoms with Crippen LogP contribution in [0, 0.1) is 0 Å². The Kier molecular flexibility index (Phi) is 3.02. The Bertz CT molecular complexity index is 288. The molecule has 2 rings (SSSR count). The smallest absolute Gasteiger partial charge is 0.247 e. The van der Waals surface area contributed by atoms with E-state index >= 15 is 0 Å². The maximum absolute atomic E-state index is 11.0. The van der Waals surface area contributed by atoms with Crippen molar-refractivity contribution >= 4 is 11.7 Å². The Balaban J connectivity index is 1.95. The Morgan fingerprint density at radius 3 is 3.00 bits per heavy atom. The van der Waals surface area contributed by atoms with Crippen LogP contribution in [-0.2, 0) is 9.53 Å². The third kappa shape index (κ3) is 2.35. The number of amidine groups is 1. The molecular weight excluding hydrogens is 194 g/mol. The number of rotatable bonds is 2. The van der Waals surface area contributed by atoms with Crippen LogP contribution in [-0.4, -0.2) is 55.0 Å². The van der Waals surface area contributed by atoms with E-state index in [9.17, 15) is 4.79 Å². The van der Waals surface area contributed by atoms with Crippen LogP contribution >= 0.6 is 0 Å². The minimum Gasteiger partial charge on any atom is -0.368 e. The molecule has 0 aromatic heterocycles. The average molecular weight is 211 g/mol. The summed E-state index contributed by atoms with van der Waals surface area (Å²) in [5.74, 6) is 0.667. The van der Waals surface area contributed by atoms with Crippen molar-refractivity contribution in [1.82, 2.24) is 10.2 Å². The molecule has 0 bridgehead atoms. The fraction of sp³-hybridized carbons (Fsp3) is 0.800. The molecule has 1 amide bonds. The van der Waals surface area contributed by atoms with Gasteiger partial charge in [-0.2, -0.15) is 0 Å². The zero-order chi connectivity index (χ0) is 10.8. The minimum absolute atomic E-state index is 0.0322. The van der Waals surface area contributed by atoms with Crippen molar-refractivity contribution < 1.29 is 9.53 Å². The van der Waals surface area contributed by atoms with Gasteiger partial charge in [0.1, 0.15) is 18.5 Å². The van der Waals surface area contributed by atoms with Crippen LogP contribution in [0.4, 0.5) is 0 Å². The first-order valence-corrected chi connectivity index (χ1v) is 5.36. The monoisotopic (exact) mass is 211 g/mol. The lowest BCUT2D eigenvalue weighted by Gasteiger charge is -2.35. The summed E-state index contributed by atoms with van der Waals surface area (Å²) in [6, 6.07) is 0.508. The summed E-state index contributed by atoms with van der Waals surface area (Å²) in [6.45, 7) is 7.05. The summed E-state index contributed by atoms with van der Waals surface area (Å²) in [5.41, 5.74) is 0. The van der Waals surface area contributed by atoms with Gasteiger partial charge in [0.15, 0.2) is 0 Å². The van der Waals surface area contributed by atoms with Crippen LogP contribution in [0.15, 0.2) is 4.99 Å². The average Bonchev–Trinajstić information content (AvgIpc) is 2.65. The summed E-state index contributed by atoms with van der Waals surface area (Å²) in [4.78, 5) is 17.5. The second-order valence-corrected chi connectivity index (χ2v) is 4.20. The van der Waals surface area contributed by atoms with Gasteiger partial charge < -0.3 is 10.1 Å².